The maximum absolute atomic E-state index is 12.8. The van der Waals surface area contributed by atoms with Gasteiger partial charge >= 0.3 is 11.9 Å². The lowest BCUT2D eigenvalue weighted by Crippen LogP contribution is -2.37. The molecule has 1 amide bonds. The fourth-order valence-corrected chi connectivity index (χ4v) is 2.35. The molecule has 1 heterocycles. The van der Waals surface area contributed by atoms with E-state index in [1.54, 1.807) is 18.2 Å². The summed E-state index contributed by atoms with van der Waals surface area (Å²) in [6.07, 6.45) is -0.0229. The van der Waals surface area contributed by atoms with Gasteiger partial charge < -0.3 is 14.4 Å². The molecule has 0 saturated heterocycles. The van der Waals surface area contributed by atoms with Crippen LogP contribution >= 0.6 is 0 Å². The summed E-state index contributed by atoms with van der Waals surface area (Å²) in [6.45, 7) is 3.49. The molecule has 0 aliphatic rings. The first-order valence-electron chi connectivity index (χ1n) is 8.03. The van der Waals surface area contributed by atoms with Crippen molar-refractivity contribution in [1.29, 1.82) is 0 Å². The molecule has 0 aliphatic heterocycles. The van der Waals surface area contributed by atoms with Crippen LogP contribution in [0.25, 0.3) is 11.0 Å². The summed E-state index contributed by atoms with van der Waals surface area (Å²) < 4.78 is 9.22. The number of ether oxygens (including phenoxy) is 2. The Morgan fingerprint density at radius 3 is 2.19 bits per heavy atom. The first-order chi connectivity index (χ1) is 12.3. The number of nitrogens with zero attached hydrogens (tertiary/aromatic N) is 3. The van der Waals surface area contributed by atoms with Crippen LogP contribution in [0.2, 0.25) is 0 Å². The molecule has 0 N–H and O–H groups in total. The molecule has 8 heteroatoms. The molecule has 0 spiro atoms. The predicted octanol–water partition coefficient (Wildman–Crippen LogP) is 1.42. The average molecular weight is 359 g/mol. The van der Waals surface area contributed by atoms with Crippen molar-refractivity contribution >= 4 is 28.9 Å². The van der Waals surface area contributed by atoms with E-state index in [1.807, 2.05) is 13.8 Å². The van der Waals surface area contributed by atoms with Gasteiger partial charge in [0.25, 0.3) is 5.91 Å². The molecule has 0 radical (unpaired) electrons. The number of esters is 2. The Morgan fingerprint density at radius 1 is 0.962 bits per heavy atom. The summed E-state index contributed by atoms with van der Waals surface area (Å²) in [5.74, 6) is -1.44. The number of hydrogen-bond acceptors (Lipinski definition) is 7. The smallest absolute Gasteiger partial charge is 0.325 e. The number of carbonyl (C=O) groups is 3. The zero-order valence-corrected chi connectivity index (χ0v) is 15.2. The number of aromatic nitrogens is 2. The van der Waals surface area contributed by atoms with Gasteiger partial charge in [-0.05, 0) is 32.0 Å². The van der Waals surface area contributed by atoms with Crippen LogP contribution < -0.4 is 0 Å². The van der Waals surface area contributed by atoms with Crippen molar-refractivity contribution < 1.29 is 23.9 Å². The van der Waals surface area contributed by atoms with Gasteiger partial charge in [-0.15, -0.1) is 0 Å². The Kier molecular flexibility index (Phi) is 6.21. The molecular formula is C18H21N3O5. The number of amides is 1. The normalized spacial score (nSPS) is 10.5. The van der Waals surface area contributed by atoms with Gasteiger partial charge in [-0.3, -0.25) is 14.4 Å². The Bertz CT molecular complexity index is 850. The third kappa shape index (κ3) is 4.53. The van der Waals surface area contributed by atoms with Crippen molar-refractivity contribution in [2.45, 2.75) is 20.3 Å². The first kappa shape index (κ1) is 19.3. The minimum atomic E-state index is -0.574. The van der Waals surface area contributed by atoms with Crippen molar-refractivity contribution in [3.63, 3.8) is 0 Å². The second-order valence-electron chi connectivity index (χ2n) is 5.73. The van der Waals surface area contributed by atoms with Gasteiger partial charge in [-0.25, -0.2) is 9.97 Å². The average Bonchev–Trinajstić information content (AvgIpc) is 2.64. The van der Waals surface area contributed by atoms with E-state index in [1.165, 1.54) is 19.1 Å². The van der Waals surface area contributed by atoms with Crippen molar-refractivity contribution in [1.82, 2.24) is 14.9 Å². The molecule has 0 saturated carbocycles. The van der Waals surface area contributed by atoms with Gasteiger partial charge in [-0.2, -0.15) is 0 Å². The second-order valence-corrected chi connectivity index (χ2v) is 5.73. The van der Waals surface area contributed by atoms with Gasteiger partial charge in [0.2, 0.25) is 0 Å². The Balaban J connectivity index is 2.30. The second kappa shape index (κ2) is 8.37. The number of hydrogen-bond donors (Lipinski definition) is 0. The summed E-state index contributed by atoms with van der Waals surface area (Å²) in [5, 5.41) is 0. The van der Waals surface area contributed by atoms with Gasteiger partial charge in [-0.1, -0.05) is 0 Å². The molecule has 2 aromatic rings. The third-order valence-corrected chi connectivity index (χ3v) is 3.97. The highest BCUT2D eigenvalue weighted by molar-refractivity contribution is 5.98. The lowest BCUT2D eigenvalue weighted by Gasteiger charge is -2.21. The van der Waals surface area contributed by atoms with E-state index < -0.39 is 17.8 Å². The molecule has 0 aliphatic carbocycles. The highest BCUT2D eigenvalue weighted by Crippen LogP contribution is 2.16. The van der Waals surface area contributed by atoms with Crippen LogP contribution in [-0.4, -0.2) is 60.0 Å². The molecule has 0 fully saturated rings. The molecule has 2 rings (SSSR count). The van der Waals surface area contributed by atoms with E-state index in [0.29, 0.717) is 16.6 Å². The minimum Gasteiger partial charge on any atom is -0.469 e. The molecule has 1 aromatic carbocycles. The fraction of sp³-hybridized carbons (Fsp3) is 0.389. The van der Waals surface area contributed by atoms with E-state index in [2.05, 4.69) is 19.4 Å². The van der Waals surface area contributed by atoms with Crippen LogP contribution in [0.4, 0.5) is 0 Å². The minimum absolute atomic E-state index is 0.0229. The topological polar surface area (TPSA) is 98.7 Å². The van der Waals surface area contributed by atoms with Crippen molar-refractivity contribution in [3.8, 4) is 0 Å². The van der Waals surface area contributed by atoms with Crippen LogP contribution in [0.5, 0.6) is 0 Å². The predicted molar refractivity (Wildman–Crippen MR) is 93.6 cm³/mol. The third-order valence-electron chi connectivity index (χ3n) is 3.97. The maximum Gasteiger partial charge on any atom is 0.325 e. The van der Waals surface area contributed by atoms with E-state index in [9.17, 15) is 14.4 Å². The fourth-order valence-electron chi connectivity index (χ4n) is 2.35. The zero-order chi connectivity index (χ0) is 19.3. The maximum atomic E-state index is 12.8. The Hall–Kier alpha value is -3.03. The SMILES string of the molecule is COC(=O)CCN(CC(=O)OC)C(=O)c1ccc2nc(C)c(C)nc2c1. The van der Waals surface area contributed by atoms with Crippen LogP contribution in [-0.2, 0) is 19.1 Å². The summed E-state index contributed by atoms with van der Waals surface area (Å²) >= 11 is 0. The number of benzene rings is 1. The lowest BCUT2D eigenvalue weighted by molar-refractivity contribution is -0.143. The molecule has 0 bridgehead atoms. The van der Waals surface area contributed by atoms with Crippen LogP contribution in [0.3, 0.4) is 0 Å². The van der Waals surface area contributed by atoms with Gasteiger partial charge in [0.05, 0.1) is 43.1 Å². The quantitative estimate of drug-likeness (QED) is 0.719. The van der Waals surface area contributed by atoms with Crippen LogP contribution in [0, 0.1) is 13.8 Å². The van der Waals surface area contributed by atoms with Gasteiger partial charge in [0.15, 0.2) is 0 Å². The highest BCUT2D eigenvalue weighted by Gasteiger charge is 2.21. The Morgan fingerprint density at radius 2 is 1.58 bits per heavy atom. The lowest BCUT2D eigenvalue weighted by atomic mass is 10.1. The van der Waals surface area contributed by atoms with Crippen molar-refractivity contribution in [2.75, 3.05) is 27.3 Å². The number of aryl methyl sites for hydroxylation is 2. The highest BCUT2D eigenvalue weighted by atomic mass is 16.5. The van der Waals surface area contributed by atoms with E-state index in [4.69, 9.17) is 0 Å². The van der Waals surface area contributed by atoms with E-state index >= 15 is 0 Å². The molecular weight excluding hydrogens is 338 g/mol. The summed E-state index contributed by atoms with van der Waals surface area (Å²) in [4.78, 5) is 45.9. The zero-order valence-electron chi connectivity index (χ0n) is 15.2. The Labute approximate surface area is 151 Å². The molecule has 0 unspecified atom stereocenters. The monoisotopic (exact) mass is 359 g/mol. The molecule has 8 nitrogen and oxygen atoms in total. The number of fused-ring (bicyclic) bond motifs is 1. The van der Waals surface area contributed by atoms with Crippen molar-refractivity contribution in [2.24, 2.45) is 0 Å². The standard InChI is InChI=1S/C18H21N3O5/c1-11-12(2)20-15-9-13(5-6-14(15)19-11)18(24)21(10-17(23)26-4)8-7-16(22)25-3/h5-6,9H,7-8,10H2,1-4H3. The van der Waals surface area contributed by atoms with Gasteiger partial charge in [0, 0.05) is 12.1 Å². The van der Waals surface area contributed by atoms with E-state index in [-0.39, 0.29) is 19.5 Å². The number of carbonyl (C=O) groups excluding carboxylic acids is 3. The van der Waals surface area contributed by atoms with E-state index in [0.717, 1.165) is 11.4 Å². The molecule has 26 heavy (non-hydrogen) atoms. The van der Waals surface area contributed by atoms with Crippen LogP contribution in [0.1, 0.15) is 28.2 Å². The van der Waals surface area contributed by atoms with Gasteiger partial charge in [0.1, 0.15) is 6.54 Å². The largest absolute Gasteiger partial charge is 0.469 e. The van der Waals surface area contributed by atoms with Crippen LogP contribution in [0.15, 0.2) is 18.2 Å². The molecule has 1 aromatic heterocycles. The molecule has 138 valence electrons. The molecule has 0 atom stereocenters. The summed E-state index contributed by atoms with van der Waals surface area (Å²) in [7, 11) is 2.50. The number of rotatable bonds is 6. The first-order valence-corrected chi connectivity index (χ1v) is 8.03. The van der Waals surface area contributed by atoms with Crippen molar-refractivity contribution in [3.05, 3.63) is 35.2 Å². The summed E-state index contributed by atoms with van der Waals surface area (Å²) in [5.41, 5.74) is 3.22. The number of methoxy groups -OCH3 is 2. The summed E-state index contributed by atoms with van der Waals surface area (Å²) in [6, 6.07) is 4.95.